The number of hydrogen-bond donors (Lipinski definition) is 1. The van der Waals surface area contributed by atoms with E-state index in [1.165, 1.54) is 19.3 Å². The first-order valence-corrected chi connectivity index (χ1v) is 7.21. The van der Waals surface area contributed by atoms with E-state index in [0.29, 0.717) is 10.6 Å². The highest BCUT2D eigenvalue weighted by Crippen LogP contribution is 2.29. The topological polar surface area (TPSA) is 39.1 Å². The summed E-state index contributed by atoms with van der Waals surface area (Å²) < 4.78 is 0. The Hall–Kier alpha value is -1.24. The van der Waals surface area contributed by atoms with Gasteiger partial charge in [0.1, 0.15) is 6.07 Å². The van der Waals surface area contributed by atoms with Gasteiger partial charge < -0.3 is 10.2 Å². The molecule has 0 bridgehead atoms. The van der Waals surface area contributed by atoms with Gasteiger partial charge in [0.25, 0.3) is 0 Å². The molecule has 0 amide bonds. The highest BCUT2D eigenvalue weighted by atomic mass is 35.5. The third kappa shape index (κ3) is 3.62. The van der Waals surface area contributed by atoms with Crippen LogP contribution in [0.4, 0.5) is 5.69 Å². The van der Waals surface area contributed by atoms with Crippen molar-refractivity contribution in [3.8, 4) is 6.07 Å². The number of nitrogens with zero attached hydrogens (tertiary/aromatic N) is 2. The summed E-state index contributed by atoms with van der Waals surface area (Å²) in [5.41, 5.74) is 1.71. The van der Waals surface area contributed by atoms with Gasteiger partial charge in [-0.1, -0.05) is 11.6 Å². The molecule has 3 nitrogen and oxygen atoms in total. The SMILES string of the molecule is CNCCC1CCN(c2ccc(Cl)cc2C#N)CC1. The first kappa shape index (κ1) is 14.2. The van der Waals surface area contributed by atoms with Crippen LogP contribution in [0.25, 0.3) is 0 Å². The van der Waals surface area contributed by atoms with E-state index in [1.54, 1.807) is 6.07 Å². The summed E-state index contributed by atoms with van der Waals surface area (Å²) in [6.07, 6.45) is 3.65. The molecule has 1 aromatic rings. The van der Waals surface area contributed by atoms with Gasteiger partial charge in [0, 0.05) is 18.1 Å². The molecule has 0 radical (unpaired) electrons. The maximum atomic E-state index is 9.20. The van der Waals surface area contributed by atoms with E-state index in [-0.39, 0.29) is 0 Å². The second kappa shape index (κ2) is 6.79. The molecule has 0 atom stereocenters. The standard InChI is InChI=1S/C15H20ClN3/c1-18-7-4-12-5-8-19(9-6-12)15-3-2-14(16)10-13(15)11-17/h2-3,10,12,18H,4-9H2,1H3. The van der Waals surface area contributed by atoms with Gasteiger partial charge in [0.15, 0.2) is 0 Å². The lowest BCUT2D eigenvalue weighted by Crippen LogP contribution is -2.34. The Morgan fingerprint density at radius 1 is 1.42 bits per heavy atom. The zero-order valence-electron chi connectivity index (χ0n) is 11.3. The van der Waals surface area contributed by atoms with Crippen LogP contribution in [0.2, 0.25) is 5.02 Å². The summed E-state index contributed by atoms with van der Waals surface area (Å²) in [6.45, 7) is 3.16. The molecule has 4 heteroatoms. The van der Waals surface area contributed by atoms with Gasteiger partial charge in [-0.15, -0.1) is 0 Å². The minimum absolute atomic E-state index is 0.629. The maximum Gasteiger partial charge on any atom is 0.101 e. The van der Waals surface area contributed by atoms with Crippen molar-refractivity contribution in [1.29, 1.82) is 5.26 Å². The van der Waals surface area contributed by atoms with Crippen LogP contribution in [-0.2, 0) is 0 Å². The number of halogens is 1. The van der Waals surface area contributed by atoms with Crippen LogP contribution in [0.5, 0.6) is 0 Å². The Balaban J connectivity index is 2.00. The van der Waals surface area contributed by atoms with Gasteiger partial charge in [-0.3, -0.25) is 0 Å². The van der Waals surface area contributed by atoms with Crippen molar-refractivity contribution < 1.29 is 0 Å². The number of piperidine rings is 1. The largest absolute Gasteiger partial charge is 0.370 e. The molecular formula is C15H20ClN3. The average molecular weight is 278 g/mol. The lowest BCUT2D eigenvalue weighted by molar-refractivity contribution is 0.378. The maximum absolute atomic E-state index is 9.20. The zero-order chi connectivity index (χ0) is 13.7. The Morgan fingerprint density at radius 3 is 2.79 bits per heavy atom. The summed E-state index contributed by atoms with van der Waals surface area (Å²) in [4.78, 5) is 2.31. The second-order valence-electron chi connectivity index (χ2n) is 5.10. The molecule has 19 heavy (non-hydrogen) atoms. The molecule has 1 saturated heterocycles. The molecule has 102 valence electrons. The monoisotopic (exact) mass is 277 g/mol. The molecule has 0 aliphatic carbocycles. The molecule has 1 aliphatic rings. The molecule has 0 spiro atoms. The fourth-order valence-electron chi connectivity index (χ4n) is 2.68. The van der Waals surface area contributed by atoms with E-state index >= 15 is 0 Å². The van der Waals surface area contributed by atoms with Gasteiger partial charge >= 0.3 is 0 Å². The number of anilines is 1. The van der Waals surface area contributed by atoms with Crippen LogP contribution in [0, 0.1) is 17.2 Å². The minimum Gasteiger partial charge on any atom is -0.370 e. The van der Waals surface area contributed by atoms with Gasteiger partial charge in [-0.25, -0.2) is 0 Å². The van der Waals surface area contributed by atoms with Crippen molar-refractivity contribution in [3.05, 3.63) is 28.8 Å². The summed E-state index contributed by atoms with van der Waals surface area (Å²) in [5.74, 6) is 0.807. The van der Waals surface area contributed by atoms with E-state index in [0.717, 1.165) is 31.2 Å². The lowest BCUT2D eigenvalue weighted by atomic mass is 9.93. The lowest BCUT2D eigenvalue weighted by Gasteiger charge is -2.34. The van der Waals surface area contributed by atoms with Gasteiger partial charge in [0.2, 0.25) is 0 Å². The van der Waals surface area contributed by atoms with E-state index in [2.05, 4.69) is 16.3 Å². The molecule has 1 aromatic carbocycles. The predicted molar refractivity (Wildman–Crippen MR) is 79.6 cm³/mol. The first-order chi connectivity index (χ1) is 9.24. The molecule has 1 fully saturated rings. The van der Waals surface area contributed by atoms with E-state index < -0.39 is 0 Å². The smallest absolute Gasteiger partial charge is 0.101 e. The fraction of sp³-hybridized carbons (Fsp3) is 0.533. The fourth-order valence-corrected chi connectivity index (χ4v) is 2.86. The van der Waals surface area contributed by atoms with Crippen LogP contribution in [-0.4, -0.2) is 26.7 Å². The van der Waals surface area contributed by atoms with Crippen LogP contribution < -0.4 is 10.2 Å². The normalized spacial score (nSPS) is 16.4. The van der Waals surface area contributed by atoms with E-state index in [9.17, 15) is 5.26 Å². The molecule has 0 saturated carbocycles. The summed E-state index contributed by atoms with van der Waals surface area (Å²) in [7, 11) is 2.00. The van der Waals surface area contributed by atoms with Crippen molar-refractivity contribution in [2.24, 2.45) is 5.92 Å². The highest BCUT2D eigenvalue weighted by Gasteiger charge is 2.20. The third-order valence-corrected chi connectivity index (χ3v) is 4.07. The number of hydrogen-bond acceptors (Lipinski definition) is 3. The molecule has 2 rings (SSSR count). The second-order valence-corrected chi connectivity index (χ2v) is 5.53. The summed E-state index contributed by atoms with van der Waals surface area (Å²) in [5, 5.41) is 13.0. The van der Waals surface area contributed by atoms with E-state index in [4.69, 9.17) is 11.6 Å². The Morgan fingerprint density at radius 2 is 2.16 bits per heavy atom. The van der Waals surface area contributed by atoms with Crippen LogP contribution >= 0.6 is 11.6 Å². The Labute approximate surface area is 120 Å². The number of nitrogens with one attached hydrogen (secondary N) is 1. The quantitative estimate of drug-likeness (QED) is 0.919. The highest BCUT2D eigenvalue weighted by molar-refractivity contribution is 6.30. The van der Waals surface area contributed by atoms with Crippen molar-refractivity contribution >= 4 is 17.3 Å². The molecular weight excluding hydrogens is 258 g/mol. The number of nitriles is 1. The van der Waals surface area contributed by atoms with Gasteiger partial charge in [-0.05, 0) is 57.0 Å². The Kier molecular flexibility index (Phi) is 5.07. The van der Waals surface area contributed by atoms with Crippen LogP contribution in [0.3, 0.4) is 0 Å². The number of benzene rings is 1. The molecule has 0 unspecified atom stereocenters. The van der Waals surface area contributed by atoms with Crippen molar-refractivity contribution in [3.63, 3.8) is 0 Å². The average Bonchev–Trinajstić information content (AvgIpc) is 2.45. The Bertz CT molecular complexity index is 459. The predicted octanol–water partition coefficient (Wildman–Crippen LogP) is 3.04. The first-order valence-electron chi connectivity index (χ1n) is 6.83. The van der Waals surface area contributed by atoms with Gasteiger partial charge in [-0.2, -0.15) is 5.26 Å². The summed E-state index contributed by atoms with van der Waals surface area (Å²) in [6, 6.07) is 7.83. The van der Waals surface area contributed by atoms with Crippen LogP contribution in [0.15, 0.2) is 18.2 Å². The van der Waals surface area contributed by atoms with Gasteiger partial charge in [0.05, 0.1) is 11.3 Å². The molecule has 1 heterocycles. The van der Waals surface area contributed by atoms with Crippen LogP contribution in [0.1, 0.15) is 24.8 Å². The zero-order valence-corrected chi connectivity index (χ0v) is 12.1. The summed E-state index contributed by atoms with van der Waals surface area (Å²) >= 11 is 5.94. The van der Waals surface area contributed by atoms with Crippen molar-refractivity contribution in [2.45, 2.75) is 19.3 Å². The van der Waals surface area contributed by atoms with Crippen molar-refractivity contribution in [1.82, 2.24) is 5.32 Å². The minimum atomic E-state index is 0.629. The van der Waals surface area contributed by atoms with Crippen molar-refractivity contribution in [2.75, 3.05) is 31.6 Å². The van der Waals surface area contributed by atoms with E-state index in [1.807, 2.05) is 19.2 Å². The molecule has 0 aromatic heterocycles. The third-order valence-electron chi connectivity index (χ3n) is 3.84. The number of rotatable bonds is 4. The molecule has 1 aliphatic heterocycles. The molecule has 1 N–H and O–H groups in total.